The maximum absolute atomic E-state index is 13.8. The second-order valence-corrected chi connectivity index (χ2v) is 6.44. The molecule has 4 rings (SSSR count). The Morgan fingerprint density at radius 3 is 2.69 bits per heavy atom. The van der Waals surface area contributed by atoms with E-state index < -0.39 is 23.8 Å². The zero-order valence-electron chi connectivity index (χ0n) is 16.2. The van der Waals surface area contributed by atoms with Crippen LogP contribution in [0.3, 0.4) is 0 Å². The second-order valence-electron chi connectivity index (χ2n) is 6.44. The Morgan fingerprint density at radius 1 is 1.19 bits per heavy atom. The number of nitrogens with zero attached hydrogens (tertiary/aromatic N) is 4. The molecule has 4 aromatic rings. The van der Waals surface area contributed by atoms with Crippen LogP contribution in [0.1, 0.15) is 10.5 Å². The van der Waals surface area contributed by atoms with Gasteiger partial charge in [0.25, 0.3) is 5.91 Å². The maximum Gasteiger partial charge on any atom is 0.573 e. The van der Waals surface area contributed by atoms with Gasteiger partial charge in [-0.3, -0.25) is 14.5 Å². The Bertz CT molecular complexity index is 1270. The molecule has 0 aliphatic carbocycles. The normalized spacial score (nSPS) is 11.4. The summed E-state index contributed by atoms with van der Waals surface area (Å²) in [5.41, 5.74) is 0.230. The second kappa shape index (κ2) is 8.13. The third-order valence-electron chi connectivity index (χ3n) is 4.29. The van der Waals surface area contributed by atoms with Crippen molar-refractivity contribution in [2.45, 2.75) is 6.36 Å². The number of benzene rings is 1. The first kappa shape index (κ1) is 21.0. The number of hydrogen-bond acceptors (Lipinski definition) is 6. The number of amides is 1. The summed E-state index contributed by atoms with van der Waals surface area (Å²) in [5.74, 6) is -1.85. The predicted octanol–water partition coefficient (Wildman–Crippen LogP) is 4.43. The van der Waals surface area contributed by atoms with E-state index in [2.05, 4.69) is 25.1 Å². The third kappa shape index (κ3) is 4.43. The molecule has 0 saturated heterocycles. The van der Waals surface area contributed by atoms with Crippen LogP contribution in [0, 0.1) is 5.82 Å². The Morgan fingerprint density at radius 2 is 2.00 bits per heavy atom. The van der Waals surface area contributed by atoms with Crippen molar-refractivity contribution in [1.82, 2.24) is 19.7 Å². The van der Waals surface area contributed by atoms with E-state index in [4.69, 9.17) is 4.42 Å². The van der Waals surface area contributed by atoms with Crippen molar-refractivity contribution in [2.75, 3.05) is 5.32 Å². The Balaban J connectivity index is 1.73. The molecular weight excluding hydrogens is 434 g/mol. The number of aryl methyl sites for hydroxylation is 1. The molecule has 0 bridgehead atoms. The van der Waals surface area contributed by atoms with Crippen LogP contribution in [-0.2, 0) is 7.05 Å². The molecule has 12 heteroatoms. The third-order valence-corrected chi connectivity index (χ3v) is 4.29. The molecule has 0 unspecified atom stereocenters. The number of rotatable bonds is 5. The van der Waals surface area contributed by atoms with Crippen molar-refractivity contribution in [3.05, 3.63) is 66.7 Å². The number of nitrogens with one attached hydrogen (secondary N) is 1. The predicted molar refractivity (Wildman–Crippen MR) is 103 cm³/mol. The van der Waals surface area contributed by atoms with Gasteiger partial charge in [0.2, 0.25) is 5.89 Å². The van der Waals surface area contributed by atoms with Gasteiger partial charge in [-0.1, -0.05) is 0 Å². The zero-order valence-corrected chi connectivity index (χ0v) is 16.2. The molecule has 0 aliphatic rings. The van der Waals surface area contributed by atoms with Crippen LogP contribution in [0.4, 0.5) is 23.2 Å². The summed E-state index contributed by atoms with van der Waals surface area (Å²) in [6.07, 6.45) is -0.0253. The van der Waals surface area contributed by atoms with Crippen LogP contribution < -0.4 is 10.1 Å². The van der Waals surface area contributed by atoms with Crippen LogP contribution in [0.25, 0.3) is 22.7 Å². The summed E-state index contributed by atoms with van der Waals surface area (Å²) in [6.45, 7) is 0. The number of ether oxygens (including phenoxy) is 1. The Hall–Kier alpha value is -4.22. The summed E-state index contributed by atoms with van der Waals surface area (Å²) < 4.78 is 63.2. The zero-order chi connectivity index (χ0) is 22.9. The number of halogens is 4. The highest BCUT2D eigenvalue weighted by Gasteiger charge is 2.33. The van der Waals surface area contributed by atoms with E-state index in [0.717, 1.165) is 12.3 Å². The first-order valence-corrected chi connectivity index (χ1v) is 8.96. The van der Waals surface area contributed by atoms with Crippen molar-refractivity contribution in [2.24, 2.45) is 7.05 Å². The molecule has 0 saturated carbocycles. The monoisotopic (exact) mass is 447 g/mol. The molecule has 1 aromatic carbocycles. The fraction of sp³-hybridized carbons (Fsp3) is 0.100. The van der Waals surface area contributed by atoms with Gasteiger partial charge in [0.1, 0.15) is 12.0 Å². The van der Waals surface area contributed by atoms with Crippen LogP contribution >= 0.6 is 0 Å². The number of oxazole rings is 1. The van der Waals surface area contributed by atoms with Crippen molar-refractivity contribution in [3.63, 3.8) is 0 Å². The van der Waals surface area contributed by atoms with Gasteiger partial charge in [-0.15, -0.1) is 13.2 Å². The topological polar surface area (TPSA) is 95.1 Å². The number of carbonyl (C=O) groups is 1. The first-order chi connectivity index (χ1) is 15.2. The molecule has 1 N–H and O–H groups in total. The standard InChI is InChI=1S/C20H13F4N5O3/c1-29-16(9-15(28-29)18(30)27-14-4-5-25-10-13(14)21)12-8-11(19-26-6-7-31-19)2-3-17(12)32-20(22,23)24/h2-10H,1H3,(H,25,27,30). The number of alkyl halides is 3. The van der Waals surface area contributed by atoms with Gasteiger partial charge in [-0.05, 0) is 30.3 Å². The summed E-state index contributed by atoms with van der Waals surface area (Å²) in [5, 5.41) is 6.37. The largest absolute Gasteiger partial charge is 0.573 e. The summed E-state index contributed by atoms with van der Waals surface area (Å²) in [7, 11) is 1.44. The lowest BCUT2D eigenvalue weighted by Crippen LogP contribution is -2.17. The van der Waals surface area contributed by atoms with Gasteiger partial charge in [-0.2, -0.15) is 5.10 Å². The van der Waals surface area contributed by atoms with E-state index in [1.54, 1.807) is 0 Å². The van der Waals surface area contributed by atoms with Crippen molar-refractivity contribution >= 4 is 11.6 Å². The van der Waals surface area contributed by atoms with Crippen LogP contribution in [-0.4, -0.2) is 32.0 Å². The quantitative estimate of drug-likeness (QED) is 0.455. The van der Waals surface area contributed by atoms with E-state index in [-0.39, 0.29) is 28.5 Å². The number of anilines is 1. The van der Waals surface area contributed by atoms with Gasteiger partial charge >= 0.3 is 6.36 Å². The van der Waals surface area contributed by atoms with E-state index in [0.29, 0.717) is 5.56 Å². The maximum atomic E-state index is 13.8. The molecule has 3 aromatic heterocycles. The molecule has 0 aliphatic heterocycles. The van der Waals surface area contributed by atoms with E-state index in [1.165, 1.54) is 54.7 Å². The molecule has 0 radical (unpaired) electrons. The van der Waals surface area contributed by atoms with Crippen LogP contribution in [0.15, 0.2) is 59.6 Å². The lowest BCUT2D eigenvalue weighted by molar-refractivity contribution is -0.274. The number of aromatic nitrogens is 4. The summed E-state index contributed by atoms with van der Waals surface area (Å²) >= 11 is 0. The molecule has 0 fully saturated rings. The Labute approximate surface area is 177 Å². The highest BCUT2D eigenvalue weighted by Crippen LogP contribution is 2.37. The van der Waals surface area contributed by atoms with E-state index in [1.807, 2.05) is 0 Å². The van der Waals surface area contributed by atoms with Crippen molar-refractivity contribution in [1.29, 1.82) is 0 Å². The van der Waals surface area contributed by atoms with E-state index >= 15 is 0 Å². The Kier molecular flexibility index (Phi) is 5.34. The minimum absolute atomic E-state index is 0.0119. The van der Waals surface area contributed by atoms with E-state index in [9.17, 15) is 22.4 Å². The minimum atomic E-state index is -4.95. The van der Waals surface area contributed by atoms with Crippen LogP contribution in [0.5, 0.6) is 5.75 Å². The minimum Gasteiger partial charge on any atom is -0.445 e. The first-order valence-electron chi connectivity index (χ1n) is 8.96. The molecule has 32 heavy (non-hydrogen) atoms. The molecule has 1 amide bonds. The molecule has 8 nitrogen and oxygen atoms in total. The fourth-order valence-corrected chi connectivity index (χ4v) is 2.94. The lowest BCUT2D eigenvalue weighted by Gasteiger charge is -2.14. The molecule has 0 atom stereocenters. The average Bonchev–Trinajstić information content (AvgIpc) is 3.39. The molecule has 0 spiro atoms. The highest BCUT2D eigenvalue weighted by atomic mass is 19.4. The smallest absolute Gasteiger partial charge is 0.445 e. The highest BCUT2D eigenvalue weighted by molar-refractivity contribution is 6.03. The van der Waals surface area contributed by atoms with Gasteiger partial charge in [0, 0.05) is 24.4 Å². The fourth-order valence-electron chi connectivity index (χ4n) is 2.94. The molecule has 3 heterocycles. The molecular formula is C20H13F4N5O3. The molecule has 164 valence electrons. The number of carbonyl (C=O) groups excluding carboxylic acids is 1. The van der Waals surface area contributed by atoms with Gasteiger partial charge in [0.05, 0.1) is 23.8 Å². The number of hydrogen-bond donors (Lipinski definition) is 1. The summed E-state index contributed by atoms with van der Waals surface area (Å²) in [4.78, 5) is 20.1. The van der Waals surface area contributed by atoms with Gasteiger partial charge < -0.3 is 14.5 Å². The van der Waals surface area contributed by atoms with Gasteiger partial charge in [-0.25, -0.2) is 9.37 Å². The SMILES string of the molecule is Cn1nc(C(=O)Nc2ccncc2F)cc1-c1cc(-c2ncco2)ccc1OC(F)(F)F. The van der Waals surface area contributed by atoms with Crippen molar-refractivity contribution < 1.29 is 31.5 Å². The van der Waals surface area contributed by atoms with Crippen molar-refractivity contribution in [3.8, 4) is 28.5 Å². The van der Waals surface area contributed by atoms with Crippen LogP contribution in [0.2, 0.25) is 0 Å². The summed E-state index contributed by atoms with van der Waals surface area (Å²) in [6, 6.07) is 6.35. The lowest BCUT2D eigenvalue weighted by atomic mass is 10.1. The average molecular weight is 447 g/mol. The van der Waals surface area contributed by atoms with Gasteiger partial charge in [0.15, 0.2) is 11.5 Å². The number of pyridine rings is 1.